The summed E-state index contributed by atoms with van der Waals surface area (Å²) in [5, 5.41) is 13.6. The van der Waals surface area contributed by atoms with Crippen LogP contribution in [0.15, 0.2) is 0 Å². The van der Waals surface area contributed by atoms with Crippen LogP contribution >= 0.6 is 0 Å². The molecule has 0 radical (unpaired) electrons. The molecule has 2 saturated heterocycles. The van der Waals surface area contributed by atoms with Crippen LogP contribution in [0.2, 0.25) is 0 Å². The average Bonchev–Trinajstić information content (AvgIpc) is 2.97. The quantitative estimate of drug-likeness (QED) is 0.610. The monoisotopic (exact) mass is 365 g/mol. The minimum Gasteiger partial charge on any atom is -0.381 e. The summed E-state index contributed by atoms with van der Waals surface area (Å²) < 4.78 is 15.0. The van der Waals surface area contributed by atoms with Gasteiger partial charge in [0.25, 0.3) is 5.91 Å². The van der Waals surface area contributed by atoms with E-state index < -0.39 is 6.17 Å². The Hall–Kier alpha value is -1.87. The van der Waals surface area contributed by atoms with Crippen LogP contribution in [-0.4, -0.2) is 71.6 Å². The number of halogens is 1. The standard InChI is InChI=1S/C17H28FN7O/c18-11-8-21-16-14(15(19)23-25(16)10-11)17(26)22-12-9-20-5-4-13(12)24-6-2-1-3-7-24/h11-13,20-21H,1-10H2,(H2,19,23)(H,22,26). The fourth-order valence-corrected chi connectivity index (χ4v) is 4.40. The highest BCUT2D eigenvalue weighted by Crippen LogP contribution is 2.26. The van der Waals surface area contributed by atoms with Crippen molar-refractivity contribution in [3.8, 4) is 0 Å². The van der Waals surface area contributed by atoms with Gasteiger partial charge in [-0.25, -0.2) is 9.07 Å². The normalized spacial score (nSPS) is 29.7. The number of carbonyl (C=O) groups is 1. The van der Waals surface area contributed by atoms with Crippen LogP contribution in [0.3, 0.4) is 0 Å². The number of fused-ring (bicyclic) bond motifs is 1. The molecule has 0 bridgehead atoms. The summed E-state index contributed by atoms with van der Waals surface area (Å²) in [5.74, 6) is 0.439. The summed E-state index contributed by atoms with van der Waals surface area (Å²) in [4.78, 5) is 15.5. The minimum absolute atomic E-state index is 0.0295. The van der Waals surface area contributed by atoms with Crippen molar-refractivity contribution >= 4 is 17.5 Å². The molecule has 1 aromatic heterocycles. The molecular formula is C17H28FN7O. The van der Waals surface area contributed by atoms with E-state index in [-0.39, 0.29) is 30.9 Å². The predicted octanol–water partition coefficient (Wildman–Crippen LogP) is 0.175. The van der Waals surface area contributed by atoms with Crippen LogP contribution in [-0.2, 0) is 6.54 Å². The zero-order valence-corrected chi connectivity index (χ0v) is 15.0. The summed E-state index contributed by atoms with van der Waals surface area (Å²) in [6.45, 7) is 4.21. The largest absolute Gasteiger partial charge is 0.381 e. The molecule has 3 aliphatic heterocycles. The van der Waals surface area contributed by atoms with Crippen LogP contribution in [0.1, 0.15) is 36.0 Å². The molecule has 0 spiro atoms. The summed E-state index contributed by atoms with van der Waals surface area (Å²) in [6, 6.07) is 0.373. The van der Waals surface area contributed by atoms with Gasteiger partial charge in [0.05, 0.1) is 12.6 Å². The fraction of sp³-hybridized carbons (Fsp3) is 0.765. The molecule has 2 fully saturated rings. The van der Waals surface area contributed by atoms with Gasteiger partial charge in [0.2, 0.25) is 0 Å². The third kappa shape index (κ3) is 3.37. The number of nitrogen functional groups attached to an aromatic ring is 1. The van der Waals surface area contributed by atoms with E-state index in [2.05, 4.69) is 25.9 Å². The zero-order valence-electron chi connectivity index (χ0n) is 15.0. The van der Waals surface area contributed by atoms with E-state index in [0.717, 1.165) is 32.6 Å². The average molecular weight is 365 g/mol. The van der Waals surface area contributed by atoms with Crippen molar-refractivity contribution in [2.24, 2.45) is 0 Å². The maximum absolute atomic E-state index is 13.6. The first-order chi connectivity index (χ1) is 12.6. The van der Waals surface area contributed by atoms with Crippen molar-refractivity contribution in [3.63, 3.8) is 0 Å². The number of aromatic nitrogens is 2. The lowest BCUT2D eigenvalue weighted by molar-refractivity contribution is 0.0808. The third-order valence-corrected chi connectivity index (χ3v) is 5.69. The topological polar surface area (TPSA) is 100 Å². The van der Waals surface area contributed by atoms with Crippen LogP contribution < -0.4 is 21.7 Å². The molecule has 4 heterocycles. The molecule has 3 unspecified atom stereocenters. The number of carbonyl (C=O) groups excluding carboxylic acids is 1. The van der Waals surface area contributed by atoms with Gasteiger partial charge in [-0.05, 0) is 38.9 Å². The molecule has 9 heteroatoms. The van der Waals surface area contributed by atoms with E-state index in [0.29, 0.717) is 17.4 Å². The number of likely N-dealkylation sites (tertiary alicyclic amines) is 1. The van der Waals surface area contributed by atoms with E-state index in [1.807, 2.05) is 0 Å². The first-order valence-corrected chi connectivity index (χ1v) is 9.63. The van der Waals surface area contributed by atoms with Crippen LogP contribution in [0.5, 0.6) is 0 Å². The third-order valence-electron chi connectivity index (χ3n) is 5.69. The van der Waals surface area contributed by atoms with Crippen molar-refractivity contribution in [2.75, 3.05) is 43.8 Å². The SMILES string of the molecule is Nc1nn2c(c1C(=O)NC1CNCCC1N1CCCCC1)NCC(F)C2. The zero-order chi connectivity index (χ0) is 18.1. The summed E-state index contributed by atoms with van der Waals surface area (Å²) in [6.07, 6.45) is 3.74. The van der Waals surface area contributed by atoms with Crippen LogP contribution in [0.25, 0.3) is 0 Å². The lowest BCUT2D eigenvalue weighted by Gasteiger charge is -2.42. The van der Waals surface area contributed by atoms with Crippen molar-refractivity contribution in [1.29, 1.82) is 0 Å². The maximum Gasteiger partial charge on any atom is 0.259 e. The number of rotatable bonds is 3. The lowest BCUT2D eigenvalue weighted by atomic mass is 9.96. The number of nitrogens with zero attached hydrogens (tertiary/aromatic N) is 3. The number of amides is 1. The van der Waals surface area contributed by atoms with Gasteiger partial charge < -0.3 is 21.7 Å². The van der Waals surface area contributed by atoms with Gasteiger partial charge in [0, 0.05) is 19.1 Å². The van der Waals surface area contributed by atoms with E-state index >= 15 is 0 Å². The first-order valence-electron chi connectivity index (χ1n) is 9.63. The van der Waals surface area contributed by atoms with E-state index in [1.54, 1.807) is 0 Å². The Balaban J connectivity index is 1.50. The van der Waals surface area contributed by atoms with Crippen LogP contribution in [0, 0.1) is 0 Å². The molecule has 0 saturated carbocycles. The van der Waals surface area contributed by atoms with Gasteiger partial charge in [0.1, 0.15) is 17.6 Å². The van der Waals surface area contributed by atoms with Crippen molar-refractivity contribution in [2.45, 2.75) is 50.5 Å². The Morgan fingerprint density at radius 3 is 2.88 bits per heavy atom. The molecule has 0 aliphatic carbocycles. The molecule has 8 nitrogen and oxygen atoms in total. The molecule has 144 valence electrons. The molecule has 1 amide bonds. The Bertz CT molecular complexity index is 658. The first kappa shape index (κ1) is 17.5. The summed E-state index contributed by atoms with van der Waals surface area (Å²) in [7, 11) is 0. The van der Waals surface area contributed by atoms with Crippen molar-refractivity contribution in [1.82, 2.24) is 25.3 Å². The highest BCUT2D eigenvalue weighted by molar-refractivity contribution is 6.03. The van der Waals surface area contributed by atoms with Crippen molar-refractivity contribution in [3.05, 3.63) is 5.56 Å². The smallest absolute Gasteiger partial charge is 0.259 e. The molecular weight excluding hydrogens is 337 g/mol. The maximum atomic E-state index is 13.6. The number of piperidine rings is 2. The molecule has 3 atom stereocenters. The summed E-state index contributed by atoms with van der Waals surface area (Å²) in [5.41, 5.74) is 6.30. The molecule has 1 aromatic rings. The van der Waals surface area contributed by atoms with Gasteiger partial charge in [0.15, 0.2) is 5.82 Å². The Morgan fingerprint density at radius 1 is 1.27 bits per heavy atom. The number of hydrogen-bond acceptors (Lipinski definition) is 6. The minimum atomic E-state index is -1.02. The molecule has 4 rings (SSSR count). The van der Waals surface area contributed by atoms with Gasteiger partial charge in [-0.15, -0.1) is 0 Å². The number of nitrogens with two attached hydrogens (primary N) is 1. The van der Waals surface area contributed by atoms with Gasteiger partial charge in [-0.2, -0.15) is 5.10 Å². The second-order valence-electron chi connectivity index (χ2n) is 7.51. The second-order valence-corrected chi connectivity index (χ2v) is 7.51. The van der Waals surface area contributed by atoms with Gasteiger partial charge >= 0.3 is 0 Å². The van der Waals surface area contributed by atoms with E-state index in [9.17, 15) is 9.18 Å². The Labute approximate surface area is 152 Å². The van der Waals surface area contributed by atoms with Crippen LogP contribution in [0.4, 0.5) is 16.0 Å². The number of anilines is 2. The Kier molecular flexibility index (Phi) is 4.99. The van der Waals surface area contributed by atoms with Gasteiger partial charge in [-0.1, -0.05) is 6.42 Å². The van der Waals surface area contributed by atoms with Crippen molar-refractivity contribution < 1.29 is 9.18 Å². The van der Waals surface area contributed by atoms with Gasteiger partial charge in [-0.3, -0.25) is 9.69 Å². The summed E-state index contributed by atoms with van der Waals surface area (Å²) >= 11 is 0. The number of alkyl halides is 1. The lowest BCUT2D eigenvalue weighted by Crippen LogP contribution is -2.60. The molecule has 5 N–H and O–H groups in total. The predicted molar refractivity (Wildman–Crippen MR) is 98.0 cm³/mol. The fourth-order valence-electron chi connectivity index (χ4n) is 4.40. The van der Waals surface area contributed by atoms with E-state index in [4.69, 9.17) is 5.73 Å². The molecule has 3 aliphatic rings. The second kappa shape index (κ2) is 7.40. The highest BCUT2D eigenvalue weighted by Gasteiger charge is 2.34. The highest BCUT2D eigenvalue weighted by atomic mass is 19.1. The number of hydrogen-bond donors (Lipinski definition) is 4. The van der Waals surface area contributed by atoms with E-state index in [1.165, 1.54) is 23.9 Å². The molecule has 0 aromatic carbocycles. The number of nitrogens with one attached hydrogen (secondary N) is 3. The Morgan fingerprint density at radius 2 is 2.08 bits per heavy atom. The molecule has 26 heavy (non-hydrogen) atoms.